The van der Waals surface area contributed by atoms with Gasteiger partial charge < -0.3 is 5.32 Å². The molecule has 1 N–H and O–H groups in total. The molecule has 0 aromatic heterocycles. The minimum Gasteiger partial charge on any atom is -0.355 e. The van der Waals surface area contributed by atoms with Gasteiger partial charge in [0.05, 0.1) is 0 Å². The molecule has 148 valence electrons. The molecule has 0 saturated heterocycles. The van der Waals surface area contributed by atoms with E-state index in [1.807, 2.05) is 0 Å². The van der Waals surface area contributed by atoms with E-state index < -0.39 is 0 Å². The van der Waals surface area contributed by atoms with Gasteiger partial charge in [-0.15, -0.1) is 0 Å². The molecule has 0 atom stereocenters. The maximum absolute atomic E-state index is 3.53. The first-order chi connectivity index (χ1) is 14.6. The Labute approximate surface area is 179 Å². The summed E-state index contributed by atoms with van der Waals surface area (Å²) < 4.78 is 0. The average Bonchev–Trinajstić information content (AvgIpc) is 2.76. The van der Waals surface area contributed by atoms with Gasteiger partial charge in [-0.05, 0) is 72.9 Å². The van der Waals surface area contributed by atoms with Gasteiger partial charge in [0.1, 0.15) is 0 Å². The number of anilines is 2. The summed E-state index contributed by atoms with van der Waals surface area (Å²) in [5, 5.41) is 3.53. The SMILES string of the molecule is Cc1ccc(C(=Cc2ccc(Nc3ccc(C)cc3C)cc2)c2ccccc2)cc1. The predicted octanol–water partition coefficient (Wildman–Crippen LogP) is 7.94. The van der Waals surface area contributed by atoms with Crippen LogP contribution in [0, 0.1) is 20.8 Å². The van der Waals surface area contributed by atoms with E-state index in [0.29, 0.717) is 0 Å². The Bertz CT molecular complexity index is 1150. The first-order valence-corrected chi connectivity index (χ1v) is 10.4. The summed E-state index contributed by atoms with van der Waals surface area (Å²) in [6, 6.07) is 34.4. The van der Waals surface area contributed by atoms with E-state index in [1.54, 1.807) is 0 Å². The van der Waals surface area contributed by atoms with Crippen molar-refractivity contribution in [3.63, 3.8) is 0 Å². The molecule has 0 radical (unpaired) electrons. The second-order valence-electron chi connectivity index (χ2n) is 7.86. The van der Waals surface area contributed by atoms with Crippen LogP contribution in [-0.4, -0.2) is 0 Å². The molecule has 4 aromatic rings. The zero-order valence-electron chi connectivity index (χ0n) is 17.8. The predicted molar refractivity (Wildman–Crippen MR) is 130 cm³/mol. The Morgan fingerprint density at radius 3 is 1.93 bits per heavy atom. The number of benzene rings is 4. The third-order valence-electron chi connectivity index (χ3n) is 5.33. The van der Waals surface area contributed by atoms with E-state index in [4.69, 9.17) is 0 Å². The maximum atomic E-state index is 3.53. The monoisotopic (exact) mass is 389 g/mol. The molecule has 0 heterocycles. The van der Waals surface area contributed by atoms with Gasteiger partial charge in [0.2, 0.25) is 0 Å². The van der Waals surface area contributed by atoms with Crippen molar-refractivity contribution in [3.05, 3.63) is 130 Å². The van der Waals surface area contributed by atoms with Gasteiger partial charge in [0, 0.05) is 11.4 Å². The average molecular weight is 390 g/mol. The molecule has 1 heteroatoms. The minimum absolute atomic E-state index is 1.09. The van der Waals surface area contributed by atoms with Crippen molar-refractivity contribution in [3.8, 4) is 0 Å². The highest BCUT2D eigenvalue weighted by Crippen LogP contribution is 2.27. The lowest BCUT2D eigenvalue weighted by atomic mass is 9.95. The fourth-order valence-electron chi connectivity index (χ4n) is 3.62. The Morgan fingerprint density at radius 2 is 1.27 bits per heavy atom. The van der Waals surface area contributed by atoms with E-state index in [-0.39, 0.29) is 0 Å². The highest BCUT2D eigenvalue weighted by atomic mass is 14.9. The molecular formula is C29H27N. The summed E-state index contributed by atoms with van der Waals surface area (Å²) in [5.74, 6) is 0. The molecule has 0 fully saturated rings. The third-order valence-corrected chi connectivity index (χ3v) is 5.33. The molecule has 0 unspecified atom stereocenters. The van der Waals surface area contributed by atoms with E-state index in [9.17, 15) is 0 Å². The fourth-order valence-corrected chi connectivity index (χ4v) is 3.62. The van der Waals surface area contributed by atoms with Crippen molar-refractivity contribution in [1.82, 2.24) is 0 Å². The number of aryl methyl sites for hydroxylation is 3. The molecule has 0 spiro atoms. The first kappa shape index (κ1) is 19.7. The summed E-state index contributed by atoms with van der Waals surface area (Å²) >= 11 is 0. The molecule has 0 aliphatic rings. The fraction of sp³-hybridized carbons (Fsp3) is 0.103. The third kappa shape index (κ3) is 4.69. The Hall–Kier alpha value is -3.58. The lowest BCUT2D eigenvalue weighted by Crippen LogP contribution is -1.93. The zero-order chi connectivity index (χ0) is 20.9. The van der Waals surface area contributed by atoms with Crippen molar-refractivity contribution in [2.75, 3.05) is 5.32 Å². The number of hydrogen-bond acceptors (Lipinski definition) is 1. The normalized spacial score (nSPS) is 11.4. The number of nitrogens with one attached hydrogen (secondary N) is 1. The summed E-state index contributed by atoms with van der Waals surface area (Å²) in [6.45, 7) is 6.38. The van der Waals surface area contributed by atoms with Crippen LogP contribution in [0.25, 0.3) is 11.6 Å². The summed E-state index contributed by atoms with van der Waals surface area (Å²) in [7, 11) is 0. The first-order valence-electron chi connectivity index (χ1n) is 10.4. The van der Waals surface area contributed by atoms with Gasteiger partial charge >= 0.3 is 0 Å². The van der Waals surface area contributed by atoms with Crippen LogP contribution in [0.3, 0.4) is 0 Å². The standard InChI is InChI=1S/C29H27N/c1-21-9-14-26(15-10-21)28(25-7-5-4-6-8-25)20-24-12-16-27(17-13-24)30-29-18-11-22(2)19-23(29)3/h4-20,30H,1-3H3. The lowest BCUT2D eigenvalue weighted by molar-refractivity contribution is 1.37. The maximum Gasteiger partial charge on any atom is 0.0414 e. The summed E-state index contributed by atoms with van der Waals surface area (Å²) in [5.41, 5.74) is 10.9. The minimum atomic E-state index is 1.09. The van der Waals surface area contributed by atoms with Crippen LogP contribution in [0.4, 0.5) is 11.4 Å². The topological polar surface area (TPSA) is 12.0 Å². The van der Waals surface area contributed by atoms with Gasteiger partial charge in [-0.25, -0.2) is 0 Å². The lowest BCUT2D eigenvalue weighted by Gasteiger charge is -2.12. The smallest absolute Gasteiger partial charge is 0.0414 e. The molecule has 0 aliphatic carbocycles. The molecular weight excluding hydrogens is 362 g/mol. The van der Waals surface area contributed by atoms with Gasteiger partial charge in [0.15, 0.2) is 0 Å². The van der Waals surface area contributed by atoms with Gasteiger partial charge in [0.25, 0.3) is 0 Å². The van der Waals surface area contributed by atoms with E-state index >= 15 is 0 Å². The van der Waals surface area contributed by atoms with Crippen LogP contribution in [0.2, 0.25) is 0 Å². The number of rotatable bonds is 5. The van der Waals surface area contributed by atoms with Crippen LogP contribution in [0.1, 0.15) is 33.4 Å². The van der Waals surface area contributed by atoms with E-state index in [0.717, 1.165) is 11.4 Å². The Balaban J connectivity index is 1.64. The zero-order valence-corrected chi connectivity index (χ0v) is 17.8. The van der Waals surface area contributed by atoms with Crippen molar-refractivity contribution in [1.29, 1.82) is 0 Å². The van der Waals surface area contributed by atoms with Crippen molar-refractivity contribution in [2.45, 2.75) is 20.8 Å². The van der Waals surface area contributed by atoms with E-state index in [2.05, 4.69) is 129 Å². The molecule has 1 nitrogen and oxygen atoms in total. The second kappa shape index (κ2) is 8.84. The van der Waals surface area contributed by atoms with Crippen LogP contribution >= 0.6 is 0 Å². The van der Waals surface area contributed by atoms with Crippen molar-refractivity contribution >= 4 is 23.0 Å². The van der Waals surface area contributed by atoms with Crippen LogP contribution in [0.5, 0.6) is 0 Å². The largest absolute Gasteiger partial charge is 0.355 e. The molecule has 4 rings (SSSR count). The van der Waals surface area contributed by atoms with Crippen LogP contribution < -0.4 is 5.32 Å². The molecule has 0 aliphatic heterocycles. The Morgan fingerprint density at radius 1 is 0.633 bits per heavy atom. The molecule has 0 saturated carbocycles. The van der Waals surface area contributed by atoms with Crippen molar-refractivity contribution < 1.29 is 0 Å². The number of hydrogen-bond donors (Lipinski definition) is 1. The molecule has 0 bridgehead atoms. The summed E-state index contributed by atoms with van der Waals surface area (Å²) in [6.07, 6.45) is 2.26. The van der Waals surface area contributed by atoms with Gasteiger partial charge in [-0.1, -0.05) is 90.0 Å². The van der Waals surface area contributed by atoms with E-state index in [1.165, 1.54) is 39.0 Å². The highest BCUT2D eigenvalue weighted by molar-refractivity contribution is 5.91. The summed E-state index contributed by atoms with van der Waals surface area (Å²) in [4.78, 5) is 0. The molecule has 0 amide bonds. The van der Waals surface area contributed by atoms with Crippen LogP contribution in [0.15, 0.2) is 97.1 Å². The van der Waals surface area contributed by atoms with Gasteiger partial charge in [-0.2, -0.15) is 0 Å². The quantitative estimate of drug-likeness (QED) is 0.342. The molecule has 30 heavy (non-hydrogen) atoms. The van der Waals surface area contributed by atoms with Crippen molar-refractivity contribution in [2.24, 2.45) is 0 Å². The molecule has 4 aromatic carbocycles. The Kier molecular flexibility index (Phi) is 5.81. The highest BCUT2D eigenvalue weighted by Gasteiger charge is 2.06. The van der Waals surface area contributed by atoms with Gasteiger partial charge in [-0.3, -0.25) is 0 Å². The second-order valence-corrected chi connectivity index (χ2v) is 7.86. The van der Waals surface area contributed by atoms with Crippen LogP contribution in [-0.2, 0) is 0 Å².